The van der Waals surface area contributed by atoms with Crippen LogP contribution in [0.3, 0.4) is 0 Å². The summed E-state index contributed by atoms with van der Waals surface area (Å²) in [6, 6.07) is 55.7. The van der Waals surface area contributed by atoms with Crippen LogP contribution in [0.25, 0.3) is 0 Å². The average molecular weight is 1220 g/mol. The number of hydrogen-bond donors (Lipinski definition) is 1. The highest BCUT2D eigenvalue weighted by molar-refractivity contribution is 7.97. The van der Waals surface area contributed by atoms with E-state index in [2.05, 4.69) is 186 Å². The van der Waals surface area contributed by atoms with Gasteiger partial charge in [-0.05, 0) is 152 Å². The molecule has 4 atom stereocenters. The second kappa shape index (κ2) is 24.5. The Morgan fingerprint density at radius 2 is 0.902 bits per heavy atom. The molecule has 0 aromatic heterocycles. The van der Waals surface area contributed by atoms with Gasteiger partial charge in [-0.15, -0.1) is 0 Å². The van der Waals surface area contributed by atoms with E-state index in [-0.39, 0.29) is 58.4 Å². The number of rotatable bonds is 14. The SMILES string of the molecule is CC(Oc1ccc([S+](c2ccc(C(C)(C)C)cc2)c2ccc(C(C)(C)C)cc2)cc1)C(F)(F)S(=O)(=O)[O-].O=C1C2CC3CC1CC(C(=O)OC(C(F)(F)F)C(F)(F)S(=O)(=O)O)(C3)C2.c1ccc([S+](c2ccccc2)c2ccccc2)cc1. The minimum Gasteiger partial charge on any atom is -0.743 e. The molecule has 0 saturated heterocycles. The molecule has 6 aromatic rings. The van der Waals surface area contributed by atoms with Gasteiger partial charge < -0.3 is 14.0 Å². The van der Waals surface area contributed by atoms with Crippen LogP contribution < -0.4 is 4.74 Å². The maximum atomic E-state index is 13.9. The minimum absolute atomic E-state index is 0.0146. The first kappa shape index (κ1) is 63.9. The molecule has 4 bridgehead atoms. The van der Waals surface area contributed by atoms with Crippen molar-refractivity contribution in [1.29, 1.82) is 0 Å². The molecule has 0 amide bonds. The molecule has 4 unspecified atom stereocenters. The van der Waals surface area contributed by atoms with Crippen LogP contribution in [-0.2, 0) is 67.2 Å². The smallest absolute Gasteiger partial charge is 0.432 e. The zero-order valence-electron chi connectivity index (χ0n) is 45.9. The third kappa shape index (κ3) is 14.6. The number of Topliss-reactive ketones (excluding diaryl/α,β-unsaturated/α-hetero) is 1. The zero-order chi connectivity index (χ0) is 60.4. The molecule has 0 heterocycles. The molecule has 0 spiro atoms. The molecule has 4 aliphatic carbocycles. The molecule has 1 N–H and O–H groups in total. The van der Waals surface area contributed by atoms with Crippen molar-refractivity contribution in [3.05, 3.63) is 175 Å². The average Bonchev–Trinajstić information content (AvgIpc) is 3.60. The number of ether oxygens (including phenoxy) is 2. The Balaban J connectivity index is 0.000000187. The summed E-state index contributed by atoms with van der Waals surface area (Å²) < 4.78 is 165. The van der Waals surface area contributed by atoms with E-state index in [1.54, 1.807) is 12.1 Å². The van der Waals surface area contributed by atoms with E-state index in [0.29, 0.717) is 12.8 Å². The lowest BCUT2D eigenvalue weighted by Gasteiger charge is -2.54. The van der Waals surface area contributed by atoms with E-state index >= 15 is 0 Å². The van der Waals surface area contributed by atoms with Gasteiger partial charge in [0.2, 0.25) is 0 Å². The Labute approximate surface area is 480 Å². The Bertz CT molecular complexity index is 3210. The van der Waals surface area contributed by atoms with Gasteiger partial charge in [0, 0.05) is 11.8 Å². The van der Waals surface area contributed by atoms with E-state index in [0.717, 1.165) is 21.6 Å². The topological polar surface area (TPSA) is 164 Å². The standard InChI is InChI=1S/C29H34F2O4S2.C18H15S.C14H15F5O6S/c1-20(29(30,31)37(32,33)34)35-23-12-18-26(19-13-23)36(24-14-8-21(9-15-24)27(2,3)4)25-16-10-22(11-17-25)28(5,6)7;1-4-10-16(11-5-1)19(17-12-6-2-7-13-17)18-14-8-3-9-15-18;15-13(16,17)10(14(18,19)26(22,23)24)25-11(21)12-3-6-1-7(4-12)9(20)8(2-6)5-12/h8-20H,1-7H3;1-15H;6-8,10H,1-5H2,(H,22,23,24)/q;+1;. The lowest BCUT2D eigenvalue weighted by atomic mass is 9.49. The Morgan fingerprint density at radius 3 is 1.22 bits per heavy atom. The number of hydrogen-bond acceptors (Lipinski definition) is 9. The summed E-state index contributed by atoms with van der Waals surface area (Å²) in [4.78, 5) is 31.7. The molecule has 10 nitrogen and oxygen atoms in total. The van der Waals surface area contributed by atoms with Gasteiger partial charge in [-0.3, -0.25) is 14.1 Å². The quantitative estimate of drug-likeness (QED) is 0.0480. The first-order chi connectivity index (χ1) is 38.0. The minimum atomic E-state index is -6.48. The van der Waals surface area contributed by atoms with E-state index in [9.17, 15) is 61.7 Å². The highest BCUT2D eigenvalue weighted by Crippen LogP contribution is 2.59. The molecule has 4 fully saturated rings. The Hall–Kier alpha value is -5.71. The summed E-state index contributed by atoms with van der Waals surface area (Å²) in [5, 5.41) is -10.3. The Kier molecular flexibility index (Phi) is 19.1. The molecular formula is C61H64F7O10S4+. The van der Waals surface area contributed by atoms with Gasteiger partial charge in [0.15, 0.2) is 45.6 Å². The van der Waals surface area contributed by atoms with Crippen molar-refractivity contribution in [2.24, 2.45) is 23.2 Å². The molecule has 6 aromatic carbocycles. The van der Waals surface area contributed by atoms with E-state index < -0.39 is 83.2 Å². The van der Waals surface area contributed by atoms with Crippen molar-refractivity contribution in [3.63, 3.8) is 0 Å². The highest BCUT2D eigenvalue weighted by Gasteiger charge is 2.68. The van der Waals surface area contributed by atoms with Crippen LogP contribution in [-0.4, -0.2) is 66.6 Å². The molecular weight excluding hydrogens is 1150 g/mol. The van der Waals surface area contributed by atoms with E-state index in [1.165, 1.54) is 37.9 Å². The number of carbonyl (C=O) groups is 2. The number of esters is 1. The first-order valence-electron chi connectivity index (χ1n) is 26.1. The fraction of sp³-hybridized carbons (Fsp3) is 0.377. The summed E-state index contributed by atoms with van der Waals surface area (Å²) in [5.74, 6) is -2.78. The van der Waals surface area contributed by atoms with Gasteiger partial charge >= 0.3 is 32.8 Å². The zero-order valence-corrected chi connectivity index (χ0v) is 49.2. The maximum absolute atomic E-state index is 13.9. The fourth-order valence-electron chi connectivity index (χ4n) is 10.5. The predicted molar refractivity (Wildman–Crippen MR) is 299 cm³/mol. The van der Waals surface area contributed by atoms with Crippen molar-refractivity contribution in [1.82, 2.24) is 0 Å². The van der Waals surface area contributed by atoms with Crippen LogP contribution in [0.2, 0.25) is 0 Å². The predicted octanol–water partition coefficient (Wildman–Crippen LogP) is 14.4. The molecule has 0 radical (unpaired) electrons. The fourth-order valence-corrected chi connectivity index (χ4v) is 15.5. The number of halogens is 7. The van der Waals surface area contributed by atoms with Crippen LogP contribution in [0.1, 0.15) is 91.7 Å². The third-order valence-electron chi connectivity index (χ3n) is 14.6. The van der Waals surface area contributed by atoms with Gasteiger partial charge in [-0.25, -0.2) is 8.42 Å². The van der Waals surface area contributed by atoms with Crippen LogP contribution in [0.15, 0.2) is 193 Å². The van der Waals surface area contributed by atoms with Gasteiger partial charge in [-0.2, -0.15) is 39.2 Å². The number of ketones is 1. The number of benzene rings is 6. The van der Waals surface area contributed by atoms with Crippen LogP contribution in [0, 0.1) is 23.2 Å². The molecule has 21 heteroatoms. The molecule has 10 rings (SSSR count). The van der Waals surface area contributed by atoms with Crippen molar-refractivity contribution in [2.75, 3.05) is 0 Å². The summed E-state index contributed by atoms with van der Waals surface area (Å²) in [6.07, 6.45) is -11.5. The van der Waals surface area contributed by atoms with Crippen molar-refractivity contribution >= 4 is 53.8 Å². The largest absolute Gasteiger partial charge is 0.743 e. The highest BCUT2D eigenvalue weighted by atomic mass is 32.2. The lowest BCUT2D eigenvalue weighted by molar-refractivity contribution is -0.265. The van der Waals surface area contributed by atoms with Crippen molar-refractivity contribution < 1.29 is 75.7 Å². The molecule has 82 heavy (non-hydrogen) atoms. The summed E-state index contributed by atoms with van der Waals surface area (Å²) in [6.45, 7) is 13.8. The van der Waals surface area contributed by atoms with E-state index in [1.807, 2.05) is 0 Å². The summed E-state index contributed by atoms with van der Waals surface area (Å²) in [5.41, 5.74) is 0.954. The molecule has 4 aliphatic rings. The molecule has 440 valence electrons. The lowest BCUT2D eigenvalue weighted by Crippen LogP contribution is -2.58. The van der Waals surface area contributed by atoms with Crippen LogP contribution in [0.4, 0.5) is 30.7 Å². The van der Waals surface area contributed by atoms with Gasteiger partial charge in [0.1, 0.15) is 11.5 Å². The monoisotopic (exact) mass is 1220 g/mol. The third-order valence-corrected chi connectivity index (χ3v) is 21.0. The maximum Gasteiger partial charge on any atom is 0.432 e. The van der Waals surface area contributed by atoms with Crippen LogP contribution >= 0.6 is 0 Å². The summed E-state index contributed by atoms with van der Waals surface area (Å²) in [7, 11) is -12.8. The van der Waals surface area contributed by atoms with Gasteiger partial charge in [0.05, 0.1) is 27.2 Å². The van der Waals surface area contributed by atoms with Gasteiger partial charge in [-0.1, -0.05) is 120 Å². The normalized spacial score (nSPS) is 20.0. The summed E-state index contributed by atoms with van der Waals surface area (Å²) >= 11 is 0. The van der Waals surface area contributed by atoms with Gasteiger partial charge in [0.25, 0.3) is 6.10 Å². The van der Waals surface area contributed by atoms with E-state index in [4.69, 9.17) is 9.29 Å². The van der Waals surface area contributed by atoms with Crippen molar-refractivity contribution in [2.45, 2.75) is 150 Å². The molecule has 4 saturated carbocycles. The number of alkyl halides is 7. The second-order valence-corrected chi connectivity index (χ2v) is 29.7. The van der Waals surface area contributed by atoms with Crippen LogP contribution in [0.5, 0.6) is 5.75 Å². The van der Waals surface area contributed by atoms with Crippen molar-refractivity contribution in [3.8, 4) is 5.75 Å². The number of carbonyl (C=O) groups excluding carboxylic acids is 2. The second-order valence-electron chi connectivity index (χ2n) is 22.7. The molecule has 0 aliphatic heterocycles. The Morgan fingerprint density at radius 1 is 0.561 bits per heavy atom. The first-order valence-corrected chi connectivity index (χ1v) is 31.4.